The Morgan fingerprint density at radius 3 is 2.68 bits per heavy atom. The summed E-state index contributed by atoms with van der Waals surface area (Å²) in [5.41, 5.74) is 0.726. The van der Waals surface area contributed by atoms with Crippen molar-refractivity contribution in [3.63, 3.8) is 0 Å². The fraction of sp³-hybridized carbons (Fsp3) is 0.632. The molecule has 1 aromatic rings. The highest BCUT2D eigenvalue weighted by Gasteiger charge is 2.29. The van der Waals surface area contributed by atoms with Crippen molar-refractivity contribution in [3.05, 3.63) is 28.2 Å². The van der Waals surface area contributed by atoms with Crippen LogP contribution in [-0.4, -0.2) is 60.3 Å². The Labute approximate surface area is 159 Å². The molecule has 5 nitrogen and oxygen atoms in total. The lowest BCUT2D eigenvalue weighted by molar-refractivity contribution is 0.00429. The molecule has 0 unspecified atom stereocenters. The summed E-state index contributed by atoms with van der Waals surface area (Å²) < 4.78 is 12.4. The van der Waals surface area contributed by atoms with E-state index >= 15 is 0 Å². The van der Waals surface area contributed by atoms with Crippen LogP contribution in [0.25, 0.3) is 0 Å². The van der Waals surface area contributed by atoms with Gasteiger partial charge >= 0.3 is 6.09 Å². The zero-order valence-corrected chi connectivity index (χ0v) is 17.4. The number of amides is 1. The topological polar surface area (TPSA) is 42.0 Å². The first-order chi connectivity index (χ1) is 11.7. The van der Waals surface area contributed by atoms with Crippen LogP contribution in [0.1, 0.15) is 33.3 Å². The lowest BCUT2D eigenvalue weighted by Crippen LogP contribution is -2.55. The van der Waals surface area contributed by atoms with Gasteiger partial charge in [0.25, 0.3) is 0 Å². The molecule has 1 aliphatic rings. The summed E-state index contributed by atoms with van der Waals surface area (Å²) in [7, 11) is 0. The van der Waals surface area contributed by atoms with E-state index < -0.39 is 5.60 Å². The molecule has 1 aliphatic heterocycles. The van der Waals surface area contributed by atoms with Gasteiger partial charge < -0.3 is 14.4 Å². The minimum absolute atomic E-state index is 0.223. The molecule has 1 heterocycles. The molecule has 0 aliphatic carbocycles. The molecule has 140 valence electrons. The normalized spacial score (nSPS) is 19.0. The number of benzene rings is 1. The molecule has 0 bridgehead atoms. The molecule has 0 saturated carbocycles. The zero-order chi connectivity index (χ0) is 18.6. The van der Waals surface area contributed by atoms with Crippen LogP contribution in [0.15, 0.2) is 22.7 Å². The second kappa shape index (κ2) is 8.41. The van der Waals surface area contributed by atoms with E-state index in [4.69, 9.17) is 9.47 Å². The van der Waals surface area contributed by atoms with Gasteiger partial charge in [-0.15, -0.1) is 0 Å². The van der Waals surface area contributed by atoms with Gasteiger partial charge in [-0.05, 0) is 68.2 Å². The summed E-state index contributed by atoms with van der Waals surface area (Å²) in [6, 6.07) is 6.38. The molecular formula is C19H29BrN2O3. The van der Waals surface area contributed by atoms with Crippen LogP contribution in [0, 0.1) is 6.92 Å². The third kappa shape index (κ3) is 6.19. The van der Waals surface area contributed by atoms with E-state index in [1.165, 1.54) is 5.56 Å². The number of carbonyl (C=O) groups is 1. The van der Waals surface area contributed by atoms with E-state index in [9.17, 15) is 4.79 Å². The molecular weight excluding hydrogens is 384 g/mol. The van der Waals surface area contributed by atoms with Crippen LogP contribution in [-0.2, 0) is 4.74 Å². The Morgan fingerprint density at radius 1 is 1.32 bits per heavy atom. The maximum absolute atomic E-state index is 12.2. The first kappa shape index (κ1) is 20.0. The fourth-order valence-corrected chi connectivity index (χ4v) is 3.17. The van der Waals surface area contributed by atoms with E-state index in [1.807, 2.05) is 32.9 Å². The second-order valence-corrected chi connectivity index (χ2v) is 8.45. The average Bonchev–Trinajstić information content (AvgIpc) is 2.50. The minimum Gasteiger partial charge on any atom is -0.491 e. The number of carbonyl (C=O) groups excluding carboxylic acids is 1. The van der Waals surface area contributed by atoms with Crippen molar-refractivity contribution < 1.29 is 14.3 Å². The first-order valence-corrected chi connectivity index (χ1v) is 9.56. The number of ether oxygens (including phenoxy) is 2. The Kier molecular flexibility index (Phi) is 6.74. The lowest BCUT2D eigenvalue weighted by Gasteiger charge is -2.40. The quantitative estimate of drug-likeness (QED) is 0.746. The van der Waals surface area contributed by atoms with E-state index in [2.05, 4.69) is 40.7 Å². The molecule has 1 amide bonds. The number of rotatable bonds is 4. The fourth-order valence-electron chi connectivity index (χ4n) is 2.81. The van der Waals surface area contributed by atoms with Gasteiger partial charge in [0.2, 0.25) is 0 Å². The highest BCUT2D eigenvalue weighted by atomic mass is 79.9. The summed E-state index contributed by atoms with van der Waals surface area (Å²) >= 11 is 3.52. The molecule has 6 heteroatoms. The van der Waals surface area contributed by atoms with E-state index in [0.29, 0.717) is 19.7 Å². The second-order valence-electron chi connectivity index (χ2n) is 7.59. The molecule has 1 atom stereocenters. The van der Waals surface area contributed by atoms with Gasteiger partial charge in [-0.3, -0.25) is 4.90 Å². The number of hydrogen-bond acceptors (Lipinski definition) is 4. The Morgan fingerprint density at radius 2 is 2.04 bits per heavy atom. The molecule has 0 spiro atoms. The van der Waals surface area contributed by atoms with Crippen LogP contribution >= 0.6 is 15.9 Å². The lowest BCUT2D eigenvalue weighted by atomic mass is 10.2. The zero-order valence-electron chi connectivity index (χ0n) is 15.8. The Hall–Kier alpha value is -1.27. The van der Waals surface area contributed by atoms with Gasteiger partial charge in [-0.25, -0.2) is 4.79 Å². The molecule has 0 aromatic heterocycles. The molecule has 1 aromatic carbocycles. The summed E-state index contributed by atoms with van der Waals surface area (Å²) in [6.45, 7) is 13.5. The minimum atomic E-state index is -0.452. The number of piperazine rings is 1. The number of nitrogens with zero attached hydrogens (tertiary/aromatic N) is 2. The predicted molar refractivity (Wildman–Crippen MR) is 103 cm³/mol. The van der Waals surface area contributed by atoms with Crippen molar-refractivity contribution in [1.82, 2.24) is 9.80 Å². The molecule has 2 rings (SSSR count). The van der Waals surface area contributed by atoms with Gasteiger partial charge in [0.05, 0.1) is 4.47 Å². The molecule has 25 heavy (non-hydrogen) atoms. The van der Waals surface area contributed by atoms with Crippen molar-refractivity contribution in [2.75, 3.05) is 32.8 Å². The van der Waals surface area contributed by atoms with Crippen molar-refractivity contribution in [2.45, 2.75) is 46.3 Å². The van der Waals surface area contributed by atoms with Gasteiger partial charge in [0, 0.05) is 32.2 Å². The molecule has 0 radical (unpaired) electrons. The smallest absolute Gasteiger partial charge is 0.410 e. The van der Waals surface area contributed by atoms with Gasteiger partial charge in [0.15, 0.2) is 0 Å². The summed E-state index contributed by atoms with van der Waals surface area (Å²) in [4.78, 5) is 16.3. The summed E-state index contributed by atoms with van der Waals surface area (Å²) in [6.07, 6.45) is -0.223. The van der Waals surface area contributed by atoms with Crippen LogP contribution in [0.5, 0.6) is 5.75 Å². The Bertz CT molecular complexity index is 601. The monoisotopic (exact) mass is 412 g/mol. The maximum atomic E-state index is 12.2. The predicted octanol–water partition coefficient (Wildman–Crippen LogP) is 4.08. The van der Waals surface area contributed by atoms with Gasteiger partial charge in [-0.1, -0.05) is 6.07 Å². The van der Waals surface area contributed by atoms with Gasteiger partial charge in [0.1, 0.15) is 18.0 Å². The van der Waals surface area contributed by atoms with Crippen LogP contribution in [0.3, 0.4) is 0 Å². The SMILES string of the molecule is Cc1ccc(Br)c(OCCN2CCN(C(=O)OC(C)(C)C)C[C@@H]2C)c1. The summed E-state index contributed by atoms with van der Waals surface area (Å²) in [5, 5.41) is 0. The molecule has 1 fully saturated rings. The number of hydrogen-bond donors (Lipinski definition) is 0. The third-order valence-corrected chi connectivity index (χ3v) is 4.79. The van der Waals surface area contributed by atoms with Crippen LogP contribution in [0.2, 0.25) is 0 Å². The van der Waals surface area contributed by atoms with Crippen molar-refractivity contribution in [3.8, 4) is 5.75 Å². The molecule has 1 saturated heterocycles. The number of aryl methyl sites for hydroxylation is 1. The van der Waals surface area contributed by atoms with Crippen molar-refractivity contribution in [2.24, 2.45) is 0 Å². The average molecular weight is 413 g/mol. The van der Waals surface area contributed by atoms with Crippen LogP contribution in [0.4, 0.5) is 4.79 Å². The summed E-state index contributed by atoms with van der Waals surface area (Å²) in [5.74, 6) is 0.875. The van der Waals surface area contributed by atoms with E-state index in [1.54, 1.807) is 4.90 Å². The van der Waals surface area contributed by atoms with Gasteiger partial charge in [-0.2, -0.15) is 0 Å². The molecule has 0 N–H and O–H groups in total. The first-order valence-electron chi connectivity index (χ1n) is 8.76. The highest BCUT2D eigenvalue weighted by molar-refractivity contribution is 9.10. The highest BCUT2D eigenvalue weighted by Crippen LogP contribution is 2.25. The van der Waals surface area contributed by atoms with Crippen molar-refractivity contribution in [1.29, 1.82) is 0 Å². The number of halogens is 1. The largest absolute Gasteiger partial charge is 0.491 e. The maximum Gasteiger partial charge on any atom is 0.410 e. The van der Waals surface area contributed by atoms with E-state index in [0.717, 1.165) is 23.3 Å². The van der Waals surface area contributed by atoms with Crippen LogP contribution < -0.4 is 4.74 Å². The Balaban J connectivity index is 1.80. The standard InChI is InChI=1S/C19H29BrN2O3/c1-14-6-7-16(20)17(12-14)24-11-10-21-8-9-22(13-15(21)2)18(23)25-19(3,4)5/h6-7,12,15H,8-11,13H2,1-5H3/t15-/m0/s1. The third-order valence-electron chi connectivity index (χ3n) is 4.14. The van der Waals surface area contributed by atoms with Crippen molar-refractivity contribution >= 4 is 22.0 Å². The van der Waals surface area contributed by atoms with E-state index in [-0.39, 0.29) is 12.1 Å².